The molecule has 5 heteroatoms. The molecule has 15 heavy (non-hydrogen) atoms. The van der Waals surface area contributed by atoms with Gasteiger partial charge in [0.2, 0.25) is 0 Å². The highest BCUT2D eigenvalue weighted by Gasteiger charge is 2.08. The second-order valence-electron chi connectivity index (χ2n) is 3.36. The molecular formula is C10H15N3OS. The van der Waals surface area contributed by atoms with Crippen LogP contribution < -0.4 is 5.73 Å². The van der Waals surface area contributed by atoms with Gasteiger partial charge in [-0.1, -0.05) is 25.1 Å². The van der Waals surface area contributed by atoms with Gasteiger partial charge >= 0.3 is 0 Å². The molecule has 0 aliphatic carbocycles. The van der Waals surface area contributed by atoms with Crippen molar-refractivity contribution in [2.24, 2.45) is 10.9 Å². The van der Waals surface area contributed by atoms with Crippen LogP contribution >= 0.6 is 11.8 Å². The molecule has 1 aromatic heterocycles. The van der Waals surface area contributed by atoms with Gasteiger partial charge in [0, 0.05) is 11.9 Å². The average molecular weight is 225 g/mol. The highest BCUT2D eigenvalue weighted by Crippen LogP contribution is 2.18. The maximum absolute atomic E-state index is 8.61. The molecule has 0 aromatic carbocycles. The molecule has 0 bridgehead atoms. The Kier molecular flexibility index (Phi) is 4.42. The lowest BCUT2D eigenvalue weighted by Gasteiger charge is -2.08. The van der Waals surface area contributed by atoms with Crippen LogP contribution in [0.2, 0.25) is 0 Å². The minimum absolute atomic E-state index is 0.0648. The monoisotopic (exact) mass is 225 g/mol. The lowest BCUT2D eigenvalue weighted by Crippen LogP contribution is -2.17. The van der Waals surface area contributed by atoms with Crippen molar-refractivity contribution in [3.05, 3.63) is 29.6 Å². The number of nitrogens with two attached hydrogens (primary N) is 1. The first kappa shape index (κ1) is 11.8. The first-order valence-electron chi connectivity index (χ1n) is 4.68. The van der Waals surface area contributed by atoms with Crippen molar-refractivity contribution in [2.45, 2.75) is 24.9 Å². The SMILES string of the molecule is CC(C)SCc1cccnc1C(N)=NO. The first-order valence-corrected chi connectivity index (χ1v) is 5.73. The molecule has 0 aliphatic rings. The third-order valence-corrected chi connectivity index (χ3v) is 2.96. The van der Waals surface area contributed by atoms with E-state index in [2.05, 4.69) is 24.0 Å². The molecule has 0 amide bonds. The zero-order valence-corrected chi connectivity index (χ0v) is 9.66. The largest absolute Gasteiger partial charge is 0.409 e. The summed E-state index contributed by atoms with van der Waals surface area (Å²) in [6, 6.07) is 3.79. The standard InChI is InChI=1S/C10H15N3OS/c1-7(2)15-6-8-4-3-5-12-9(8)10(11)13-14/h3-5,7,14H,6H2,1-2H3,(H2,11,13). The summed E-state index contributed by atoms with van der Waals surface area (Å²) >= 11 is 1.79. The van der Waals surface area contributed by atoms with E-state index in [1.807, 2.05) is 12.1 Å². The van der Waals surface area contributed by atoms with E-state index in [0.29, 0.717) is 10.9 Å². The summed E-state index contributed by atoms with van der Waals surface area (Å²) in [6.45, 7) is 4.26. The molecular weight excluding hydrogens is 210 g/mol. The van der Waals surface area contributed by atoms with Crippen LogP contribution in [0.3, 0.4) is 0 Å². The smallest absolute Gasteiger partial charge is 0.189 e. The fraction of sp³-hybridized carbons (Fsp3) is 0.400. The Labute approximate surface area is 93.6 Å². The van der Waals surface area contributed by atoms with Gasteiger partial charge in [-0.2, -0.15) is 11.8 Å². The summed E-state index contributed by atoms with van der Waals surface area (Å²) in [6.07, 6.45) is 1.64. The van der Waals surface area contributed by atoms with E-state index in [0.717, 1.165) is 11.3 Å². The number of pyridine rings is 1. The molecule has 3 N–H and O–H groups in total. The Morgan fingerprint density at radius 3 is 3.00 bits per heavy atom. The molecule has 0 atom stereocenters. The number of rotatable bonds is 4. The Morgan fingerprint density at radius 1 is 1.67 bits per heavy atom. The molecule has 0 spiro atoms. The van der Waals surface area contributed by atoms with Gasteiger partial charge in [0.25, 0.3) is 0 Å². The highest BCUT2D eigenvalue weighted by molar-refractivity contribution is 7.99. The van der Waals surface area contributed by atoms with Gasteiger partial charge in [0.15, 0.2) is 5.84 Å². The van der Waals surface area contributed by atoms with Crippen LogP contribution in [0.25, 0.3) is 0 Å². The van der Waals surface area contributed by atoms with Gasteiger partial charge in [-0.05, 0) is 16.9 Å². The minimum Gasteiger partial charge on any atom is -0.409 e. The molecule has 0 unspecified atom stereocenters. The van der Waals surface area contributed by atoms with Crippen LogP contribution in [0.1, 0.15) is 25.1 Å². The average Bonchev–Trinajstić information content (AvgIpc) is 2.25. The van der Waals surface area contributed by atoms with Crippen molar-refractivity contribution in [1.29, 1.82) is 0 Å². The Balaban J connectivity index is 2.87. The molecule has 0 aliphatic heterocycles. The van der Waals surface area contributed by atoms with E-state index in [4.69, 9.17) is 10.9 Å². The number of amidine groups is 1. The van der Waals surface area contributed by atoms with Gasteiger partial charge in [-0.25, -0.2) is 0 Å². The third kappa shape index (κ3) is 3.43. The number of thioether (sulfide) groups is 1. The quantitative estimate of drug-likeness (QED) is 0.355. The highest BCUT2D eigenvalue weighted by atomic mass is 32.2. The predicted octanol–water partition coefficient (Wildman–Crippen LogP) is 1.82. The lowest BCUT2D eigenvalue weighted by atomic mass is 10.2. The number of nitrogens with zero attached hydrogens (tertiary/aromatic N) is 2. The van der Waals surface area contributed by atoms with E-state index in [1.54, 1.807) is 18.0 Å². The van der Waals surface area contributed by atoms with Crippen LogP contribution in [0.5, 0.6) is 0 Å². The van der Waals surface area contributed by atoms with Crippen molar-refractivity contribution in [3.63, 3.8) is 0 Å². The maximum atomic E-state index is 8.61. The summed E-state index contributed by atoms with van der Waals surface area (Å²) in [7, 11) is 0. The summed E-state index contributed by atoms with van der Waals surface area (Å²) in [4.78, 5) is 4.10. The minimum atomic E-state index is 0.0648. The summed E-state index contributed by atoms with van der Waals surface area (Å²) in [5, 5.41) is 12.1. The van der Waals surface area contributed by atoms with Crippen LogP contribution in [0.15, 0.2) is 23.5 Å². The molecule has 1 rings (SSSR count). The normalized spacial score (nSPS) is 12.1. The van der Waals surface area contributed by atoms with Crippen LogP contribution in [-0.2, 0) is 5.75 Å². The molecule has 0 fully saturated rings. The van der Waals surface area contributed by atoms with Gasteiger partial charge in [-0.15, -0.1) is 0 Å². The van der Waals surface area contributed by atoms with Gasteiger partial charge in [0.1, 0.15) is 5.69 Å². The zero-order chi connectivity index (χ0) is 11.3. The van der Waals surface area contributed by atoms with Crippen molar-refractivity contribution < 1.29 is 5.21 Å². The molecule has 0 saturated carbocycles. The van der Waals surface area contributed by atoms with Crippen LogP contribution in [-0.4, -0.2) is 21.3 Å². The van der Waals surface area contributed by atoms with Gasteiger partial charge < -0.3 is 10.9 Å². The Bertz CT molecular complexity index is 352. The van der Waals surface area contributed by atoms with E-state index in [1.165, 1.54) is 0 Å². The molecule has 0 saturated heterocycles. The van der Waals surface area contributed by atoms with Crippen molar-refractivity contribution >= 4 is 17.6 Å². The zero-order valence-electron chi connectivity index (χ0n) is 8.84. The summed E-state index contributed by atoms with van der Waals surface area (Å²) in [5.74, 6) is 0.881. The lowest BCUT2D eigenvalue weighted by molar-refractivity contribution is 0.318. The molecule has 82 valence electrons. The Hall–Kier alpha value is -1.23. The Morgan fingerprint density at radius 2 is 2.40 bits per heavy atom. The second kappa shape index (κ2) is 5.60. The third-order valence-electron chi connectivity index (χ3n) is 1.81. The van der Waals surface area contributed by atoms with Crippen LogP contribution in [0, 0.1) is 0 Å². The number of hydrogen-bond acceptors (Lipinski definition) is 4. The molecule has 1 heterocycles. The number of aromatic nitrogens is 1. The molecule has 4 nitrogen and oxygen atoms in total. The van der Waals surface area contributed by atoms with Gasteiger partial charge in [0.05, 0.1) is 0 Å². The first-order chi connectivity index (χ1) is 7.15. The fourth-order valence-corrected chi connectivity index (χ4v) is 1.84. The maximum Gasteiger partial charge on any atom is 0.189 e. The predicted molar refractivity (Wildman–Crippen MR) is 63.2 cm³/mol. The van der Waals surface area contributed by atoms with E-state index in [9.17, 15) is 0 Å². The van der Waals surface area contributed by atoms with E-state index < -0.39 is 0 Å². The topological polar surface area (TPSA) is 71.5 Å². The van der Waals surface area contributed by atoms with Crippen molar-refractivity contribution in [1.82, 2.24) is 4.98 Å². The fourth-order valence-electron chi connectivity index (χ4n) is 1.09. The van der Waals surface area contributed by atoms with Crippen molar-refractivity contribution in [3.8, 4) is 0 Å². The summed E-state index contributed by atoms with van der Waals surface area (Å²) < 4.78 is 0. The van der Waals surface area contributed by atoms with E-state index in [-0.39, 0.29) is 5.84 Å². The molecule has 0 radical (unpaired) electrons. The van der Waals surface area contributed by atoms with Gasteiger partial charge in [-0.3, -0.25) is 4.98 Å². The number of oxime groups is 1. The second-order valence-corrected chi connectivity index (χ2v) is 4.92. The van der Waals surface area contributed by atoms with E-state index >= 15 is 0 Å². The van der Waals surface area contributed by atoms with Crippen LogP contribution in [0.4, 0.5) is 0 Å². The molecule has 1 aromatic rings. The summed E-state index contributed by atoms with van der Waals surface area (Å²) in [5.41, 5.74) is 7.08. The van der Waals surface area contributed by atoms with Crippen molar-refractivity contribution in [2.75, 3.05) is 0 Å². The number of hydrogen-bond donors (Lipinski definition) is 2.